The first kappa shape index (κ1) is 32.5. The maximum Gasteiger partial charge on any atom is 0.264 e. The van der Waals surface area contributed by atoms with Crippen LogP contribution in [0, 0.1) is 0 Å². The number of carbonyl (C=O) groups is 1. The molecule has 0 atom stereocenters. The van der Waals surface area contributed by atoms with Gasteiger partial charge in [0.2, 0.25) is 0 Å². The standard InChI is InChI=1S/C50H32N6O2/c1-50(2)37-21-11-9-19-33(37)48(57)56-41-27-35-32-18-10-12-22-39(32)55(40(35)28-38(41)51-49(50)56)31-24-25-42-36(26-31)44-34(20-13-23-43(44)58-42)47-53-45(29-14-5-3-6-15-29)52-46(54-47)30-16-7-4-8-17-30/h3-28H,1-2H3. The molecule has 4 aromatic heterocycles. The Morgan fingerprint density at radius 3 is 1.95 bits per heavy atom. The summed E-state index contributed by atoms with van der Waals surface area (Å²) in [6.07, 6.45) is 0. The molecule has 0 aliphatic carbocycles. The molecule has 12 rings (SSSR count). The molecule has 58 heavy (non-hydrogen) atoms. The van der Waals surface area contributed by atoms with E-state index < -0.39 is 5.41 Å². The van der Waals surface area contributed by atoms with Crippen LogP contribution in [0.3, 0.4) is 0 Å². The fraction of sp³-hybridized carbons (Fsp3) is 0.0600. The Bertz CT molecular complexity index is 3450. The highest BCUT2D eigenvalue weighted by atomic mass is 16.3. The van der Waals surface area contributed by atoms with Gasteiger partial charge in [0.1, 0.15) is 17.0 Å². The first-order valence-electron chi connectivity index (χ1n) is 19.4. The van der Waals surface area contributed by atoms with Crippen LogP contribution in [0.1, 0.15) is 35.6 Å². The number of aromatic nitrogens is 6. The van der Waals surface area contributed by atoms with Crippen molar-refractivity contribution in [2.24, 2.45) is 0 Å². The molecule has 0 amide bonds. The van der Waals surface area contributed by atoms with Gasteiger partial charge in [-0.15, -0.1) is 0 Å². The Labute approximate surface area is 331 Å². The van der Waals surface area contributed by atoms with Gasteiger partial charge >= 0.3 is 0 Å². The number of para-hydroxylation sites is 1. The van der Waals surface area contributed by atoms with E-state index in [1.54, 1.807) is 0 Å². The van der Waals surface area contributed by atoms with Gasteiger partial charge in [0.25, 0.3) is 5.91 Å². The number of nitrogens with zero attached hydrogens (tertiary/aromatic N) is 6. The third-order valence-electron chi connectivity index (χ3n) is 11.7. The Hall–Kier alpha value is -7.71. The molecule has 0 fully saturated rings. The van der Waals surface area contributed by atoms with Crippen molar-refractivity contribution in [1.82, 2.24) is 29.1 Å². The number of carbonyl (C=O) groups excluding carboxylic acids is 1. The molecule has 7 aromatic carbocycles. The summed E-state index contributed by atoms with van der Waals surface area (Å²) in [5.41, 5.74) is 10.0. The summed E-state index contributed by atoms with van der Waals surface area (Å²) in [7, 11) is 0. The van der Waals surface area contributed by atoms with Gasteiger partial charge in [0.15, 0.2) is 17.5 Å². The second-order valence-corrected chi connectivity index (χ2v) is 15.5. The average molecular weight is 749 g/mol. The molecule has 11 aromatic rings. The monoisotopic (exact) mass is 748 g/mol. The zero-order valence-corrected chi connectivity index (χ0v) is 31.5. The predicted octanol–water partition coefficient (Wildman–Crippen LogP) is 11.5. The summed E-state index contributed by atoms with van der Waals surface area (Å²) < 4.78 is 10.6. The van der Waals surface area contributed by atoms with E-state index in [0.29, 0.717) is 23.0 Å². The van der Waals surface area contributed by atoms with Crippen LogP contribution < -0.4 is 0 Å². The lowest BCUT2D eigenvalue weighted by atomic mass is 9.78. The third kappa shape index (κ3) is 4.60. The van der Waals surface area contributed by atoms with Crippen molar-refractivity contribution in [3.63, 3.8) is 0 Å². The van der Waals surface area contributed by atoms with Crippen molar-refractivity contribution in [3.8, 4) is 39.9 Å². The van der Waals surface area contributed by atoms with Gasteiger partial charge < -0.3 is 8.98 Å². The SMILES string of the molecule is CC1(C)c2ccccc2C(=O)n2c1nc1cc3c(cc12)c1ccccc1n3-c1ccc2oc3cccc(-c4nc(-c5ccccc5)nc(-c5ccccc5)n4)c3c2c1. The van der Waals surface area contributed by atoms with E-state index >= 15 is 0 Å². The summed E-state index contributed by atoms with van der Waals surface area (Å²) in [5.74, 6) is 2.46. The highest BCUT2D eigenvalue weighted by Crippen LogP contribution is 2.43. The van der Waals surface area contributed by atoms with Gasteiger partial charge in [-0.2, -0.15) is 0 Å². The Kier molecular flexibility index (Phi) is 6.67. The molecule has 0 N–H and O–H groups in total. The minimum Gasteiger partial charge on any atom is -0.456 e. The van der Waals surface area contributed by atoms with Crippen LogP contribution in [-0.4, -0.2) is 35.0 Å². The van der Waals surface area contributed by atoms with Gasteiger partial charge in [-0.05, 0) is 67.9 Å². The number of rotatable bonds is 4. The fourth-order valence-corrected chi connectivity index (χ4v) is 8.97. The molecule has 0 spiro atoms. The molecule has 0 radical (unpaired) electrons. The largest absolute Gasteiger partial charge is 0.456 e. The van der Waals surface area contributed by atoms with Crippen molar-refractivity contribution in [2.75, 3.05) is 0 Å². The first-order chi connectivity index (χ1) is 28.4. The van der Waals surface area contributed by atoms with Crippen LogP contribution in [-0.2, 0) is 5.41 Å². The fourth-order valence-electron chi connectivity index (χ4n) is 8.97. The maximum atomic E-state index is 14.1. The molecule has 0 unspecified atom stereocenters. The van der Waals surface area contributed by atoms with Crippen LogP contribution in [0.5, 0.6) is 0 Å². The van der Waals surface area contributed by atoms with E-state index in [0.717, 1.165) is 88.5 Å². The second-order valence-electron chi connectivity index (χ2n) is 15.5. The van der Waals surface area contributed by atoms with E-state index in [2.05, 4.69) is 73.0 Å². The van der Waals surface area contributed by atoms with Crippen molar-refractivity contribution in [2.45, 2.75) is 19.3 Å². The maximum absolute atomic E-state index is 14.1. The molecule has 1 aliphatic rings. The van der Waals surface area contributed by atoms with Crippen LogP contribution in [0.4, 0.5) is 0 Å². The average Bonchev–Trinajstić information content (AvgIpc) is 3.95. The quantitative estimate of drug-likeness (QED) is 0.178. The lowest BCUT2D eigenvalue weighted by Gasteiger charge is -2.31. The summed E-state index contributed by atoms with van der Waals surface area (Å²) in [5, 5.41) is 4.00. The second kappa shape index (κ2) is 11.9. The Morgan fingerprint density at radius 2 is 1.17 bits per heavy atom. The van der Waals surface area contributed by atoms with E-state index in [-0.39, 0.29) is 5.91 Å². The molecular weight excluding hydrogens is 717 g/mol. The van der Waals surface area contributed by atoms with Gasteiger partial charge in [-0.3, -0.25) is 9.36 Å². The van der Waals surface area contributed by atoms with E-state index in [9.17, 15) is 4.79 Å². The van der Waals surface area contributed by atoms with Crippen LogP contribution in [0.15, 0.2) is 162 Å². The van der Waals surface area contributed by atoms with Gasteiger partial charge in [0, 0.05) is 54.9 Å². The summed E-state index contributed by atoms with van der Waals surface area (Å²) in [6.45, 7) is 4.29. The van der Waals surface area contributed by atoms with Gasteiger partial charge in [-0.1, -0.05) is 109 Å². The smallest absolute Gasteiger partial charge is 0.264 e. The minimum absolute atomic E-state index is 0.0476. The van der Waals surface area contributed by atoms with Crippen LogP contribution in [0.25, 0.3) is 94.6 Å². The van der Waals surface area contributed by atoms with E-state index in [1.165, 1.54) is 0 Å². The molecule has 8 nitrogen and oxygen atoms in total. The number of furan rings is 1. The van der Waals surface area contributed by atoms with Crippen LogP contribution >= 0.6 is 0 Å². The molecule has 0 saturated heterocycles. The number of benzene rings is 7. The molecule has 0 saturated carbocycles. The zero-order chi connectivity index (χ0) is 38.7. The topological polar surface area (TPSA) is 91.6 Å². The predicted molar refractivity (Wildman–Crippen MR) is 229 cm³/mol. The first-order valence-corrected chi connectivity index (χ1v) is 19.4. The summed E-state index contributed by atoms with van der Waals surface area (Å²) in [4.78, 5) is 34.4. The Balaban J connectivity index is 1.09. The summed E-state index contributed by atoms with van der Waals surface area (Å²) >= 11 is 0. The molecule has 1 aliphatic heterocycles. The number of imidazole rings is 1. The van der Waals surface area contributed by atoms with Gasteiger partial charge in [-0.25, -0.2) is 19.9 Å². The minimum atomic E-state index is -0.459. The molecular formula is C50H32N6O2. The van der Waals surface area contributed by atoms with Crippen molar-refractivity contribution >= 4 is 60.7 Å². The number of hydrogen-bond donors (Lipinski definition) is 0. The zero-order valence-electron chi connectivity index (χ0n) is 31.5. The molecule has 0 bridgehead atoms. The number of fused-ring (bicyclic) bond motifs is 10. The normalized spacial score (nSPS) is 13.5. The van der Waals surface area contributed by atoms with E-state index in [4.69, 9.17) is 24.4 Å². The summed E-state index contributed by atoms with van der Waals surface area (Å²) in [6, 6.07) is 53.0. The third-order valence-corrected chi connectivity index (χ3v) is 11.7. The van der Waals surface area contributed by atoms with Crippen LogP contribution in [0.2, 0.25) is 0 Å². The highest BCUT2D eigenvalue weighted by molar-refractivity contribution is 6.16. The van der Waals surface area contributed by atoms with Crippen molar-refractivity contribution < 1.29 is 9.21 Å². The van der Waals surface area contributed by atoms with Crippen molar-refractivity contribution in [1.29, 1.82) is 0 Å². The van der Waals surface area contributed by atoms with Gasteiger partial charge in [0.05, 0.1) is 22.1 Å². The lowest BCUT2D eigenvalue weighted by Crippen LogP contribution is -2.35. The number of hydrogen-bond acceptors (Lipinski definition) is 6. The van der Waals surface area contributed by atoms with Crippen molar-refractivity contribution in [3.05, 3.63) is 175 Å². The highest BCUT2D eigenvalue weighted by Gasteiger charge is 2.39. The molecule has 5 heterocycles. The Morgan fingerprint density at radius 1 is 0.500 bits per heavy atom. The molecule has 274 valence electrons. The van der Waals surface area contributed by atoms with E-state index in [1.807, 2.05) is 108 Å². The lowest BCUT2D eigenvalue weighted by molar-refractivity contribution is 0.0948. The molecule has 8 heteroatoms.